The minimum Gasteiger partial charge on any atom is -0.507 e. The van der Waals surface area contributed by atoms with E-state index in [1.54, 1.807) is 36.4 Å². The molecule has 1 saturated heterocycles. The first kappa shape index (κ1) is 34.7. The van der Waals surface area contributed by atoms with Gasteiger partial charge in [0.15, 0.2) is 4.34 Å². The van der Waals surface area contributed by atoms with E-state index in [0.717, 1.165) is 22.3 Å². The summed E-state index contributed by atoms with van der Waals surface area (Å²) in [5.41, 5.74) is 5.06. The number of Topliss-reactive ketones (excluding diaryl/α,β-unsaturated/α-hetero) is 1. The fourth-order valence-electron chi connectivity index (χ4n) is 5.44. The maximum absolute atomic E-state index is 13.7. The number of halogens is 2. The van der Waals surface area contributed by atoms with Crippen LogP contribution in [0.4, 0.5) is 5.13 Å². The third-order valence-corrected chi connectivity index (χ3v) is 11.0. The molecule has 250 valence electrons. The third-order valence-electron chi connectivity index (χ3n) is 8.29. The van der Waals surface area contributed by atoms with Gasteiger partial charge >= 0.3 is 5.91 Å². The number of anilines is 1. The zero-order valence-electron chi connectivity index (χ0n) is 27.2. The molecule has 7 nitrogen and oxygen atoms in total. The highest BCUT2D eigenvalue weighted by Crippen LogP contribution is 2.44. The first-order chi connectivity index (χ1) is 23.4. The number of amides is 1. The van der Waals surface area contributed by atoms with Crippen molar-refractivity contribution in [1.82, 2.24) is 10.2 Å². The van der Waals surface area contributed by atoms with E-state index in [-0.39, 0.29) is 21.9 Å². The number of hydrogen-bond donors (Lipinski definition) is 1. The molecule has 1 aliphatic rings. The molecule has 1 aliphatic heterocycles. The summed E-state index contributed by atoms with van der Waals surface area (Å²) < 4.78 is 6.57. The van der Waals surface area contributed by atoms with Gasteiger partial charge in [0.05, 0.1) is 11.6 Å². The van der Waals surface area contributed by atoms with Crippen molar-refractivity contribution in [2.45, 2.75) is 55.9 Å². The van der Waals surface area contributed by atoms with E-state index in [0.29, 0.717) is 43.6 Å². The van der Waals surface area contributed by atoms with Crippen molar-refractivity contribution in [3.05, 3.63) is 140 Å². The molecule has 1 N–H and O–H groups in total. The highest BCUT2D eigenvalue weighted by molar-refractivity contribution is 8.00. The molecule has 0 saturated carbocycles. The van der Waals surface area contributed by atoms with Crippen LogP contribution < -0.4 is 9.64 Å². The first-order valence-electron chi connectivity index (χ1n) is 15.5. The second-order valence-corrected chi connectivity index (χ2v) is 15.7. The Morgan fingerprint density at radius 2 is 1.65 bits per heavy atom. The molecule has 1 fully saturated rings. The molecule has 0 aliphatic carbocycles. The molecule has 0 bridgehead atoms. The van der Waals surface area contributed by atoms with Crippen molar-refractivity contribution in [1.29, 1.82) is 0 Å². The predicted octanol–water partition coefficient (Wildman–Crippen LogP) is 9.95. The van der Waals surface area contributed by atoms with Gasteiger partial charge in [0, 0.05) is 21.4 Å². The molecule has 0 radical (unpaired) electrons. The number of aromatic nitrogens is 2. The van der Waals surface area contributed by atoms with Gasteiger partial charge in [0.25, 0.3) is 5.78 Å². The lowest BCUT2D eigenvalue weighted by atomic mass is 9.85. The summed E-state index contributed by atoms with van der Waals surface area (Å²) in [6, 6.07) is 26.9. The second-order valence-electron chi connectivity index (χ2n) is 12.7. The van der Waals surface area contributed by atoms with E-state index in [1.165, 1.54) is 28.0 Å². The van der Waals surface area contributed by atoms with Crippen molar-refractivity contribution in [2.75, 3.05) is 4.90 Å². The zero-order chi connectivity index (χ0) is 34.9. The average Bonchev–Trinajstić information content (AvgIpc) is 3.65. The molecule has 49 heavy (non-hydrogen) atoms. The normalized spacial score (nSPS) is 16.0. The summed E-state index contributed by atoms with van der Waals surface area (Å²) >= 11 is 15.0. The molecule has 6 rings (SSSR count). The second kappa shape index (κ2) is 14.4. The monoisotopic (exact) mass is 729 g/mol. The Bertz CT molecular complexity index is 2050. The van der Waals surface area contributed by atoms with Crippen molar-refractivity contribution in [3.63, 3.8) is 0 Å². The molecule has 1 amide bonds. The van der Waals surface area contributed by atoms with Gasteiger partial charge in [-0.05, 0) is 76.6 Å². The number of carbonyl (C=O) groups is 2. The summed E-state index contributed by atoms with van der Waals surface area (Å²) in [5, 5.41) is 21.6. The number of aliphatic hydroxyl groups excluding tert-OH is 1. The zero-order valence-corrected chi connectivity index (χ0v) is 30.4. The lowest BCUT2D eigenvalue weighted by Crippen LogP contribution is -2.29. The van der Waals surface area contributed by atoms with Gasteiger partial charge in [-0.3, -0.25) is 14.5 Å². The molecule has 11 heteroatoms. The van der Waals surface area contributed by atoms with Gasteiger partial charge in [-0.25, -0.2) is 0 Å². The molecule has 1 aromatic heterocycles. The largest absolute Gasteiger partial charge is 0.507 e. The summed E-state index contributed by atoms with van der Waals surface area (Å²) in [6.45, 7) is 8.75. The van der Waals surface area contributed by atoms with E-state index in [1.807, 2.05) is 61.5 Å². The number of hydrogen-bond acceptors (Lipinski definition) is 8. The summed E-state index contributed by atoms with van der Waals surface area (Å²) in [4.78, 5) is 28.8. The van der Waals surface area contributed by atoms with Crippen molar-refractivity contribution >= 4 is 68.9 Å². The van der Waals surface area contributed by atoms with Crippen LogP contribution in [0.3, 0.4) is 0 Å². The maximum atomic E-state index is 13.7. The highest BCUT2D eigenvalue weighted by Gasteiger charge is 2.48. The number of aliphatic hydroxyl groups is 1. The van der Waals surface area contributed by atoms with Crippen LogP contribution in [0.1, 0.15) is 60.2 Å². The maximum Gasteiger partial charge on any atom is 0.301 e. The quantitative estimate of drug-likeness (QED) is 0.0531. The van der Waals surface area contributed by atoms with Crippen molar-refractivity contribution < 1.29 is 19.4 Å². The number of ketones is 1. The Labute approximate surface area is 303 Å². The smallest absolute Gasteiger partial charge is 0.301 e. The Balaban J connectivity index is 1.32. The van der Waals surface area contributed by atoms with Crippen LogP contribution >= 0.6 is 46.3 Å². The van der Waals surface area contributed by atoms with Crippen LogP contribution in [0.5, 0.6) is 5.75 Å². The number of carbonyl (C=O) groups excluding carboxylic acids is 2. The number of nitrogens with zero attached hydrogens (tertiary/aromatic N) is 3. The molecule has 5 aromatic rings. The molecule has 1 unspecified atom stereocenters. The van der Waals surface area contributed by atoms with E-state index in [2.05, 4.69) is 31.0 Å². The number of aryl methyl sites for hydroxylation is 1. The Morgan fingerprint density at radius 1 is 0.939 bits per heavy atom. The highest BCUT2D eigenvalue weighted by atomic mass is 35.5. The minimum absolute atomic E-state index is 0.0283. The van der Waals surface area contributed by atoms with Crippen molar-refractivity contribution in [2.24, 2.45) is 0 Å². The number of benzene rings is 4. The molecule has 4 aromatic carbocycles. The van der Waals surface area contributed by atoms with Crippen LogP contribution in [0.25, 0.3) is 5.76 Å². The molecule has 1 atom stereocenters. The standard InChI is InChI=1S/C38H33Cl2N3O4S2/c1-22-7-5-6-8-25(22)20-47-29-17-12-24(13-18-29)33(44)31-32(23-9-14-27(15-10-23)38(2,3)4)43(35(46)34(31)45)36-41-42-37(49-36)48-21-26-11-16-28(39)19-30(26)40/h5-19,32,44H,20-21H2,1-4H3/b33-31+. The average molecular weight is 731 g/mol. The van der Waals surface area contributed by atoms with Gasteiger partial charge < -0.3 is 9.84 Å². The summed E-state index contributed by atoms with van der Waals surface area (Å²) in [6.07, 6.45) is 0. The van der Waals surface area contributed by atoms with Crippen molar-refractivity contribution in [3.8, 4) is 5.75 Å². The minimum atomic E-state index is -0.928. The summed E-state index contributed by atoms with van der Waals surface area (Å²) in [5.74, 6) is -0.773. The van der Waals surface area contributed by atoms with Gasteiger partial charge in [-0.1, -0.05) is 122 Å². The van der Waals surface area contributed by atoms with E-state index >= 15 is 0 Å². The Morgan fingerprint density at radius 3 is 2.33 bits per heavy atom. The van der Waals surface area contributed by atoms with Gasteiger partial charge in [-0.15, -0.1) is 10.2 Å². The SMILES string of the molecule is Cc1ccccc1COc1ccc(/C(O)=C2\C(=O)C(=O)N(c3nnc(SCc4ccc(Cl)cc4Cl)s3)C2c2ccc(C(C)(C)C)cc2)cc1. The van der Waals surface area contributed by atoms with E-state index < -0.39 is 17.7 Å². The molecule has 0 spiro atoms. The van der Waals surface area contributed by atoms with E-state index in [9.17, 15) is 14.7 Å². The van der Waals surface area contributed by atoms with Gasteiger partial charge in [0.1, 0.15) is 18.1 Å². The lowest BCUT2D eigenvalue weighted by Gasteiger charge is -2.24. The molecular weight excluding hydrogens is 697 g/mol. The van der Waals surface area contributed by atoms with Gasteiger partial charge in [0.2, 0.25) is 5.13 Å². The van der Waals surface area contributed by atoms with Crippen LogP contribution in [-0.2, 0) is 27.4 Å². The number of thioether (sulfide) groups is 1. The predicted molar refractivity (Wildman–Crippen MR) is 198 cm³/mol. The van der Waals surface area contributed by atoms with E-state index in [4.69, 9.17) is 27.9 Å². The molecular formula is C38H33Cl2N3O4S2. The van der Waals surface area contributed by atoms with Crippen LogP contribution in [0.15, 0.2) is 101 Å². The van der Waals surface area contributed by atoms with Crippen LogP contribution in [0, 0.1) is 6.92 Å². The van der Waals surface area contributed by atoms with Crippen LogP contribution in [-0.4, -0.2) is 27.0 Å². The summed E-state index contributed by atoms with van der Waals surface area (Å²) in [7, 11) is 0. The Kier molecular flexibility index (Phi) is 10.2. The molecule has 2 heterocycles. The Hall–Kier alpha value is -4.15. The first-order valence-corrected chi connectivity index (χ1v) is 18.1. The fourth-order valence-corrected chi connectivity index (χ4v) is 7.87. The third kappa shape index (κ3) is 7.55. The fraction of sp³-hybridized carbons (Fsp3) is 0.211. The van der Waals surface area contributed by atoms with Gasteiger partial charge in [-0.2, -0.15) is 0 Å². The number of rotatable bonds is 9. The topological polar surface area (TPSA) is 92.6 Å². The lowest BCUT2D eigenvalue weighted by molar-refractivity contribution is -0.132. The number of ether oxygens (including phenoxy) is 1. The van der Waals surface area contributed by atoms with Crippen LogP contribution in [0.2, 0.25) is 10.0 Å².